The number of rotatable bonds is 4. The van der Waals surface area contributed by atoms with Crippen molar-refractivity contribution in [3.63, 3.8) is 0 Å². The van der Waals surface area contributed by atoms with Crippen molar-refractivity contribution in [1.82, 2.24) is 5.32 Å². The molecule has 0 heterocycles. The Balaban J connectivity index is 2.87. The molecule has 1 atom stereocenters. The number of carbonyl (C=O) groups excluding carboxylic acids is 1. The lowest BCUT2D eigenvalue weighted by Crippen LogP contribution is -2.46. The molecule has 1 rings (SSSR count). The Labute approximate surface area is 119 Å². The van der Waals surface area contributed by atoms with Crippen molar-refractivity contribution in [2.24, 2.45) is 11.7 Å². The summed E-state index contributed by atoms with van der Waals surface area (Å²) >= 11 is 7.93. The SMILES string of the molecule is CC(C)C(NC(=O)c1ccc(F)c(Br)c1)C(N)=S. The molecule has 0 aromatic heterocycles. The van der Waals surface area contributed by atoms with E-state index >= 15 is 0 Å². The van der Waals surface area contributed by atoms with Crippen molar-refractivity contribution in [3.05, 3.63) is 34.1 Å². The summed E-state index contributed by atoms with van der Waals surface area (Å²) in [6.45, 7) is 3.81. The van der Waals surface area contributed by atoms with Gasteiger partial charge in [-0.2, -0.15) is 0 Å². The summed E-state index contributed by atoms with van der Waals surface area (Å²) in [7, 11) is 0. The zero-order valence-corrected chi connectivity index (χ0v) is 12.4. The van der Waals surface area contributed by atoms with Gasteiger partial charge in [-0.25, -0.2) is 4.39 Å². The fourth-order valence-corrected chi connectivity index (χ4v) is 2.14. The molecule has 3 nitrogen and oxygen atoms in total. The normalized spacial score (nSPS) is 12.3. The van der Waals surface area contributed by atoms with E-state index < -0.39 is 5.82 Å². The van der Waals surface area contributed by atoms with E-state index in [1.807, 2.05) is 13.8 Å². The van der Waals surface area contributed by atoms with Gasteiger partial charge in [0, 0.05) is 5.56 Å². The fourth-order valence-electron chi connectivity index (χ4n) is 1.43. The number of nitrogens with one attached hydrogen (secondary N) is 1. The molecule has 0 radical (unpaired) electrons. The van der Waals surface area contributed by atoms with Crippen LogP contribution in [-0.4, -0.2) is 16.9 Å². The van der Waals surface area contributed by atoms with Gasteiger partial charge < -0.3 is 11.1 Å². The van der Waals surface area contributed by atoms with Gasteiger partial charge in [0.25, 0.3) is 5.91 Å². The van der Waals surface area contributed by atoms with Crippen LogP contribution in [0, 0.1) is 11.7 Å². The average molecular weight is 333 g/mol. The van der Waals surface area contributed by atoms with E-state index in [0.717, 1.165) is 0 Å². The molecule has 0 spiro atoms. The van der Waals surface area contributed by atoms with E-state index in [1.165, 1.54) is 18.2 Å². The third-order valence-corrected chi connectivity index (χ3v) is 3.30. The number of carbonyl (C=O) groups is 1. The van der Waals surface area contributed by atoms with E-state index in [2.05, 4.69) is 21.2 Å². The summed E-state index contributed by atoms with van der Waals surface area (Å²) < 4.78 is 13.3. The van der Waals surface area contributed by atoms with Crippen molar-refractivity contribution in [1.29, 1.82) is 0 Å². The van der Waals surface area contributed by atoms with Crippen molar-refractivity contribution in [2.75, 3.05) is 0 Å². The lowest BCUT2D eigenvalue weighted by atomic mass is 10.0. The van der Waals surface area contributed by atoms with E-state index in [9.17, 15) is 9.18 Å². The van der Waals surface area contributed by atoms with Gasteiger partial charge in [0.05, 0.1) is 15.5 Å². The number of hydrogen-bond donors (Lipinski definition) is 2. The second kappa shape index (κ2) is 6.24. The topological polar surface area (TPSA) is 55.1 Å². The summed E-state index contributed by atoms with van der Waals surface area (Å²) in [5.41, 5.74) is 5.92. The van der Waals surface area contributed by atoms with Gasteiger partial charge in [0.2, 0.25) is 0 Å². The molecule has 1 aromatic carbocycles. The maximum atomic E-state index is 13.1. The van der Waals surface area contributed by atoms with Gasteiger partial charge in [0.1, 0.15) is 5.82 Å². The van der Waals surface area contributed by atoms with Crippen LogP contribution in [0.2, 0.25) is 0 Å². The van der Waals surface area contributed by atoms with Crippen LogP contribution in [0.5, 0.6) is 0 Å². The van der Waals surface area contributed by atoms with Crippen LogP contribution in [0.4, 0.5) is 4.39 Å². The summed E-state index contributed by atoms with van der Waals surface area (Å²) in [5.74, 6) is -0.654. The molecule has 0 saturated carbocycles. The van der Waals surface area contributed by atoms with Gasteiger partial charge in [0.15, 0.2) is 0 Å². The molecule has 0 aliphatic carbocycles. The quantitative estimate of drug-likeness (QED) is 0.833. The number of nitrogens with two attached hydrogens (primary N) is 1. The van der Waals surface area contributed by atoms with Gasteiger partial charge in [-0.05, 0) is 40.0 Å². The van der Waals surface area contributed by atoms with E-state index in [-0.39, 0.29) is 27.3 Å². The Hall–Kier alpha value is -1.01. The smallest absolute Gasteiger partial charge is 0.251 e. The molecule has 98 valence electrons. The number of halogens is 2. The molecule has 0 saturated heterocycles. The molecule has 0 aliphatic heterocycles. The van der Waals surface area contributed by atoms with Crippen molar-refractivity contribution >= 4 is 39.0 Å². The highest BCUT2D eigenvalue weighted by molar-refractivity contribution is 9.10. The second-order valence-corrected chi connectivity index (χ2v) is 5.55. The lowest BCUT2D eigenvalue weighted by molar-refractivity contribution is 0.0939. The van der Waals surface area contributed by atoms with Crippen molar-refractivity contribution in [3.8, 4) is 0 Å². The predicted molar refractivity (Wildman–Crippen MR) is 77.0 cm³/mol. The Bertz CT molecular complexity index is 479. The van der Waals surface area contributed by atoms with Gasteiger partial charge in [-0.1, -0.05) is 26.1 Å². The third kappa shape index (κ3) is 3.74. The van der Waals surface area contributed by atoms with Crippen molar-refractivity contribution in [2.45, 2.75) is 19.9 Å². The predicted octanol–water partition coefficient (Wildman–Crippen LogP) is 2.63. The van der Waals surface area contributed by atoms with Crippen LogP contribution in [-0.2, 0) is 0 Å². The molecular formula is C12H14BrFN2OS. The van der Waals surface area contributed by atoms with E-state index in [0.29, 0.717) is 5.56 Å². The minimum atomic E-state index is -0.415. The number of thiocarbonyl (C=S) groups is 1. The molecule has 1 aromatic rings. The maximum Gasteiger partial charge on any atom is 0.251 e. The molecule has 3 N–H and O–H groups in total. The third-order valence-electron chi connectivity index (χ3n) is 2.44. The second-order valence-electron chi connectivity index (χ2n) is 4.23. The van der Waals surface area contributed by atoms with Crippen LogP contribution in [0.25, 0.3) is 0 Å². The Morgan fingerprint density at radius 1 is 1.50 bits per heavy atom. The summed E-state index contributed by atoms with van der Waals surface area (Å²) in [6, 6.07) is 3.68. The first-order chi connectivity index (χ1) is 8.32. The first kappa shape index (κ1) is 15.0. The monoisotopic (exact) mass is 332 g/mol. The Morgan fingerprint density at radius 2 is 2.11 bits per heavy atom. The van der Waals surface area contributed by atoms with Crippen LogP contribution >= 0.6 is 28.1 Å². The van der Waals surface area contributed by atoms with E-state index in [4.69, 9.17) is 18.0 Å². The summed E-state index contributed by atoms with van der Waals surface area (Å²) in [4.78, 5) is 12.2. The van der Waals surface area contributed by atoms with Gasteiger partial charge in [-0.3, -0.25) is 4.79 Å². The highest BCUT2D eigenvalue weighted by atomic mass is 79.9. The highest BCUT2D eigenvalue weighted by Crippen LogP contribution is 2.17. The first-order valence-corrected chi connectivity index (χ1v) is 6.58. The largest absolute Gasteiger partial charge is 0.392 e. The number of amides is 1. The molecular weight excluding hydrogens is 319 g/mol. The van der Waals surface area contributed by atoms with Crippen LogP contribution in [0.1, 0.15) is 24.2 Å². The first-order valence-electron chi connectivity index (χ1n) is 5.38. The molecule has 0 bridgehead atoms. The maximum absolute atomic E-state index is 13.1. The minimum absolute atomic E-state index is 0.0929. The average Bonchev–Trinajstić information content (AvgIpc) is 2.28. The molecule has 0 aliphatic rings. The Kier molecular flexibility index (Phi) is 5.22. The molecule has 0 fully saturated rings. The fraction of sp³-hybridized carbons (Fsp3) is 0.333. The lowest BCUT2D eigenvalue weighted by Gasteiger charge is -2.21. The van der Waals surface area contributed by atoms with Crippen molar-refractivity contribution < 1.29 is 9.18 Å². The van der Waals surface area contributed by atoms with Crippen LogP contribution in [0.3, 0.4) is 0 Å². The molecule has 1 unspecified atom stereocenters. The van der Waals surface area contributed by atoms with Gasteiger partial charge in [-0.15, -0.1) is 0 Å². The molecule has 1 amide bonds. The summed E-state index contributed by atoms with van der Waals surface area (Å²) in [5, 5.41) is 2.73. The van der Waals surface area contributed by atoms with Crippen LogP contribution < -0.4 is 11.1 Å². The van der Waals surface area contributed by atoms with E-state index in [1.54, 1.807) is 0 Å². The Morgan fingerprint density at radius 3 is 2.56 bits per heavy atom. The summed E-state index contributed by atoms with van der Waals surface area (Å²) in [6.07, 6.45) is 0. The minimum Gasteiger partial charge on any atom is -0.392 e. The standard InChI is InChI=1S/C12H14BrFN2OS/c1-6(2)10(11(15)18)16-12(17)7-3-4-9(14)8(13)5-7/h3-6,10H,1-2H3,(H2,15,18)(H,16,17). The molecule has 6 heteroatoms. The van der Waals surface area contributed by atoms with Gasteiger partial charge >= 0.3 is 0 Å². The molecule has 18 heavy (non-hydrogen) atoms. The zero-order valence-electron chi connectivity index (χ0n) is 10.0. The highest BCUT2D eigenvalue weighted by Gasteiger charge is 2.19. The number of benzene rings is 1. The number of hydrogen-bond acceptors (Lipinski definition) is 2. The zero-order chi connectivity index (χ0) is 13.9. The van der Waals surface area contributed by atoms with Crippen LogP contribution in [0.15, 0.2) is 22.7 Å².